The van der Waals surface area contributed by atoms with Gasteiger partial charge in [0.1, 0.15) is 18.1 Å². The van der Waals surface area contributed by atoms with E-state index in [1.165, 1.54) is 0 Å². The van der Waals surface area contributed by atoms with E-state index in [9.17, 15) is 9.59 Å². The summed E-state index contributed by atoms with van der Waals surface area (Å²) < 4.78 is 11.8. The van der Waals surface area contributed by atoms with E-state index in [0.717, 1.165) is 23.2 Å². The Hall–Kier alpha value is -2.92. The Morgan fingerprint density at radius 3 is 2.72 bits per heavy atom. The second-order valence-corrected chi connectivity index (χ2v) is 7.90. The van der Waals surface area contributed by atoms with E-state index in [4.69, 9.17) is 9.47 Å². The lowest BCUT2D eigenvalue weighted by atomic mass is 9.77. The molecule has 0 aromatic heterocycles. The first kappa shape index (κ1) is 18.1. The second kappa shape index (κ2) is 6.85. The van der Waals surface area contributed by atoms with E-state index in [0.29, 0.717) is 6.54 Å². The van der Waals surface area contributed by atoms with Crippen LogP contribution in [0.3, 0.4) is 0 Å². The van der Waals surface area contributed by atoms with Crippen LogP contribution in [0.4, 0.5) is 5.69 Å². The molecule has 1 spiro atoms. The van der Waals surface area contributed by atoms with Crippen LogP contribution < -0.4 is 4.90 Å². The predicted molar refractivity (Wildman–Crippen MR) is 108 cm³/mol. The van der Waals surface area contributed by atoms with Crippen LogP contribution in [0, 0.1) is 11.8 Å². The van der Waals surface area contributed by atoms with Crippen LogP contribution in [0.15, 0.2) is 66.7 Å². The topological polar surface area (TPSA) is 55.8 Å². The van der Waals surface area contributed by atoms with Crippen molar-refractivity contribution in [1.29, 1.82) is 0 Å². The number of amides is 1. The van der Waals surface area contributed by atoms with Crippen molar-refractivity contribution in [1.82, 2.24) is 0 Å². The van der Waals surface area contributed by atoms with Crippen molar-refractivity contribution in [3.63, 3.8) is 0 Å². The van der Waals surface area contributed by atoms with Gasteiger partial charge in [0.25, 0.3) is 0 Å². The molecule has 0 unspecified atom stereocenters. The maximum Gasteiger partial charge on any atom is 0.313 e. The lowest BCUT2D eigenvalue weighted by Crippen LogP contribution is -2.40. The summed E-state index contributed by atoms with van der Waals surface area (Å²) in [5.74, 6) is -1.56. The average molecular weight is 389 g/mol. The maximum atomic E-state index is 13.4. The standard InChI is InChI=1S/C24H23NO4/c1-2-17-10-6-7-11-18(17)25-15-24-13-12-19(29-24)20(21(24)22(25)26)23(27)28-14-16-8-4-3-5-9-16/h3-13,19-21H,2,14-15H2,1H3/t19-,20-,21-,24+/m1/s1. The van der Waals surface area contributed by atoms with Crippen molar-refractivity contribution in [3.8, 4) is 0 Å². The molecule has 5 heteroatoms. The second-order valence-electron chi connectivity index (χ2n) is 7.90. The van der Waals surface area contributed by atoms with Gasteiger partial charge in [0.15, 0.2) is 0 Å². The number of hydrogen-bond acceptors (Lipinski definition) is 4. The number of para-hydroxylation sites is 1. The van der Waals surface area contributed by atoms with Crippen LogP contribution in [0.2, 0.25) is 0 Å². The van der Waals surface area contributed by atoms with Gasteiger partial charge in [-0.15, -0.1) is 0 Å². The monoisotopic (exact) mass is 389 g/mol. The highest BCUT2D eigenvalue weighted by atomic mass is 16.6. The molecule has 0 saturated carbocycles. The molecule has 5 rings (SSSR count). The highest BCUT2D eigenvalue weighted by Crippen LogP contribution is 2.53. The van der Waals surface area contributed by atoms with Gasteiger partial charge in [-0.3, -0.25) is 9.59 Å². The van der Waals surface area contributed by atoms with Crippen molar-refractivity contribution < 1.29 is 19.1 Å². The summed E-state index contributed by atoms with van der Waals surface area (Å²) in [6.07, 6.45) is 4.32. The molecule has 2 bridgehead atoms. The van der Waals surface area contributed by atoms with E-state index in [2.05, 4.69) is 6.92 Å². The molecule has 4 atom stereocenters. The Balaban J connectivity index is 1.40. The minimum absolute atomic E-state index is 0.0561. The summed E-state index contributed by atoms with van der Waals surface area (Å²) in [7, 11) is 0. The number of carbonyl (C=O) groups is 2. The Labute approximate surface area is 169 Å². The minimum Gasteiger partial charge on any atom is -0.460 e. The van der Waals surface area contributed by atoms with E-state index >= 15 is 0 Å². The zero-order valence-electron chi connectivity index (χ0n) is 16.3. The maximum absolute atomic E-state index is 13.4. The van der Waals surface area contributed by atoms with Crippen molar-refractivity contribution in [2.75, 3.05) is 11.4 Å². The van der Waals surface area contributed by atoms with Crippen LogP contribution in [0.1, 0.15) is 18.1 Å². The normalized spacial score (nSPS) is 29.3. The third kappa shape index (κ3) is 2.80. The molecule has 29 heavy (non-hydrogen) atoms. The number of fused-ring (bicyclic) bond motifs is 1. The number of aryl methyl sites for hydroxylation is 1. The van der Waals surface area contributed by atoms with Gasteiger partial charge in [-0.1, -0.05) is 67.6 Å². The largest absolute Gasteiger partial charge is 0.460 e. The fourth-order valence-electron chi connectivity index (χ4n) is 4.87. The van der Waals surface area contributed by atoms with Gasteiger partial charge in [-0.05, 0) is 23.6 Å². The van der Waals surface area contributed by atoms with Crippen molar-refractivity contribution >= 4 is 17.6 Å². The molecule has 5 nitrogen and oxygen atoms in total. The highest BCUT2D eigenvalue weighted by molar-refractivity contribution is 6.03. The number of nitrogens with zero attached hydrogens (tertiary/aromatic N) is 1. The van der Waals surface area contributed by atoms with E-state index in [1.807, 2.05) is 66.7 Å². The zero-order valence-corrected chi connectivity index (χ0v) is 16.3. The van der Waals surface area contributed by atoms with Crippen molar-refractivity contribution in [3.05, 3.63) is 77.9 Å². The molecule has 3 heterocycles. The van der Waals surface area contributed by atoms with Crippen LogP contribution in [0.25, 0.3) is 0 Å². The Morgan fingerprint density at radius 1 is 1.17 bits per heavy atom. The van der Waals surface area contributed by atoms with Crippen LogP contribution in [-0.4, -0.2) is 30.1 Å². The molecule has 0 radical (unpaired) electrons. The van der Waals surface area contributed by atoms with Gasteiger partial charge in [-0.2, -0.15) is 0 Å². The summed E-state index contributed by atoms with van der Waals surface area (Å²) in [6, 6.07) is 17.5. The molecule has 2 aromatic carbocycles. The Kier molecular flexibility index (Phi) is 4.28. The van der Waals surface area contributed by atoms with E-state index in [-0.39, 0.29) is 18.5 Å². The van der Waals surface area contributed by atoms with E-state index < -0.39 is 23.5 Å². The summed E-state index contributed by atoms with van der Waals surface area (Å²) >= 11 is 0. The third-order valence-corrected chi connectivity index (χ3v) is 6.26. The van der Waals surface area contributed by atoms with Crippen LogP contribution >= 0.6 is 0 Å². The number of anilines is 1. The lowest BCUT2D eigenvalue weighted by Gasteiger charge is -2.23. The van der Waals surface area contributed by atoms with Crippen LogP contribution in [-0.2, 0) is 32.1 Å². The first-order valence-electron chi connectivity index (χ1n) is 10.1. The fraction of sp³-hybridized carbons (Fsp3) is 0.333. The highest BCUT2D eigenvalue weighted by Gasteiger charge is 2.67. The SMILES string of the molecule is CCc1ccccc1N1C[C@]23C=C[C@@H](O2)[C@@H](C(=O)OCc2ccccc2)[C@@H]3C1=O. The lowest BCUT2D eigenvalue weighted by molar-refractivity contribution is -0.153. The molecule has 2 saturated heterocycles. The minimum atomic E-state index is -0.737. The van der Waals surface area contributed by atoms with Gasteiger partial charge in [0.05, 0.1) is 18.6 Å². The number of rotatable bonds is 5. The summed E-state index contributed by atoms with van der Waals surface area (Å²) in [5, 5.41) is 0. The molecule has 0 aliphatic carbocycles. The molecule has 3 aliphatic rings. The smallest absolute Gasteiger partial charge is 0.313 e. The van der Waals surface area contributed by atoms with E-state index in [1.54, 1.807) is 4.90 Å². The predicted octanol–water partition coefficient (Wildman–Crippen LogP) is 3.28. The van der Waals surface area contributed by atoms with Crippen LogP contribution in [0.5, 0.6) is 0 Å². The first-order valence-corrected chi connectivity index (χ1v) is 10.1. The summed E-state index contributed by atoms with van der Waals surface area (Å²) in [6.45, 7) is 2.70. The van der Waals surface area contributed by atoms with Gasteiger partial charge in [-0.25, -0.2) is 0 Å². The number of hydrogen-bond donors (Lipinski definition) is 0. The van der Waals surface area contributed by atoms with Gasteiger partial charge in [0.2, 0.25) is 5.91 Å². The third-order valence-electron chi connectivity index (χ3n) is 6.26. The molecule has 1 amide bonds. The summed E-state index contributed by atoms with van der Waals surface area (Å²) in [4.78, 5) is 28.2. The van der Waals surface area contributed by atoms with Gasteiger partial charge < -0.3 is 14.4 Å². The molecular weight excluding hydrogens is 366 g/mol. The Morgan fingerprint density at radius 2 is 1.93 bits per heavy atom. The molecular formula is C24H23NO4. The number of ether oxygens (including phenoxy) is 2. The average Bonchev–Trinajstić information content (AvgIpc) is 3.41. The summed E-state index contributed by atoms with van der Waals surface area (Å²) in [5.41, 5.74) is 2.20. The first-order chi connectivity index (χ1) is 14.1. The van der Waals surface area contributed by atoms with Gasteiger partial charge in [0, 0.05) is 5.69 Å². The molecule has 148 valence electrons. The number of benzene rings is 2. The molecule has 3 aliphatic heterocycles. The molecule has 0 N–H and O–H groups in total. The number of esters is 1. The Bertz CT molecular complexity index is 985. The van der Waals surface area contributed by atoms with Crippen molar-refractivity contribution in [2.24, 2.45) is 11.8 Å². The molecule has 2 aromatic rings. The molecule has 2 fully saturated rings. The fourth-order valence-corrected chi connectivity index (χ4v) is 4.87. The number of carbonyl (C=O) groups excluding carboxylic acids is 2. The van der Waals surface area contributed by atoms with Gasteiger partial charge >= 0.3 is 5.97 Å². The quantitative estimate of drug-likeness (QED) is 0.582. The zero-order chi connectivity index (χ0) is 20.0. The van der Waals surface area contributed by atoms with Crippen molar-refractivity contribution in [2.45, 2.75) is 31.7 Å².